The third kappa shape index (κ3) is 3.85. The highest BCUT2D eigenvalue weighted by atomic mass is 35.5. The molecule has 0 aliphatic carbocycles. The molecule has 0 aromatic heterocycles. The van der Waals surface area contributed by atoms with Crippen molar-refractivity contribution in [3.05, 3.63) is 0 Å². The number of nitrogens with one attached hydrogen (secondary N) is 3. The van der Waals surface area contributed by atoms with Crippen molar-refractivity contribution in [1.82, 2.24) is 16.0 Å². The van der Waals surface area contributed by atoms with Crippen LogP contribution in [-0.2, 0) is 9.59 Å². The fourth-order valence-corrected chi connectivity index (χ4v) is 2.26. The summed E-state index contributed by atoms with van der Waals surface area (Å²) in [5.74, 6) is -0.0663. The Kier molecular flexibility index (Phi) is 5.71. The van der Waals surface area contributed by atoms with Gasteiger partial charge >= 0.3 is 0 Å². The minimum Gasteiger partial charge on any atom is -0.354 e. The molecule has 2 saturated heterocycles. The second-order valence-corrected chi connectivity index (χ2v) is 4.50. The Morgan fingerprint density at radius 2 is 2.00 bits per heavy atom. The van der Waals surface area contributed by atoms with E-state index in [4.69, 9.17) is 0 Å². The van der Waals surface area contributed by atoms with Gasteiger partial charge in [-0.1, -0.05) is 0 Å². The Hall–Kier alpha value is -0.810. The van der Waals surface area contributed by atoms with Gasteiger partial charge in [-0.3, -0.25) is 9.59 Å². The van der Waals surface area contributed by atoms with Gasteiger partial charge in [0.15, 0.2) is 0 Å². The first kappa shape index (κ1) is 14.3. The fourth-order valence-electron chi connectivity index (χ4n) is 2.26. The largest absolute Gasteiger partial charge is 0.354 e. The van der Waals surface area contributed by atoms with Crippen LogP contribution < -0.4 is 16.0 Å². The van der Waals surface area contributed by atoms with E-state index in [1.54, 1.807) is 0 Å². The van der Waals surface area contributed by atoms with Crippen molar-refractivity contribution in [2.75, 3.05) is 13.1 Å². The van der Waals surface area contributed by atoms with Gasteiger partial charge in [0.05, 0.1) is 6.04 Å². The lowest BCUT2D eigenvalue weighted by atomic mass is 10.1. The molecule has 0 bridgehead atoms. The molecule has 0 spiro atoms. The quantitative estimate of drug-likeness (QED) is 0.653. The molecule has 5 nitrogen and oxygen atoms in total. The summed E-state index contributed by atoms with van der Waals surface area (Å²) >= 11 is 0. The van der Waals surface area contributed by atoms with Gasteiger partial charge in [0.25, 0.3) is 0 Å². The molecule has 0 aromatic carbocycles. The highest BCUT2D eigenvalue weighted by Gasteiger charge is 2.27. The molecule has 2 atom stereocenters. The average molecular weight is 262 g/mol. The molecular formula is C11H20ClN3O2. The zero-order valence-corrected chi connectivity index (χ0v) is 10.6. The van der Waals surface area contributed by atoms with Gasteiger partial charge in [-0.15, -0.1) is 12.4 Å². The molecular weight excluding hydrogens is 242 g/mol. The lowest BCUT2D eigenvalue weighted by molar-refractivity contribution is -0.129. The maximum Gasteiger partial charge on any atom is 0.242 e. The number of carbonyl (C=O) groups excluding carboxylic acids is 2. The second-order valence-electron chi connectivity index (χ2n) is 4.50. The topological polar surface area (TPSA) is 70.2 Å². The van der Waals surface area contributed by atoms with Crippen molar-refractivity contribution in [3.8, 4) is 0 Å². The first-order valence-corrected chi connectivity index (χ1v) is 6.09. The van der Waals surface area contributed by atoms with Crippen molar-refractivity contribution in [1.29, 1.82) is 0 Å². The average Bonchev–Trinajstić information content (AvgIpc) is 2.73. The third-order valence-electron chi connectivity index (χ3n) is 3.23. The van der Waals surface area contributed by atoms with E-state index < -0.39 is 0 Å². The summed E-state index contributed by atoms with van der Waals surface area (Å²) in [5.41, 5.74) is 0. The molecule has 2 aliphatic rings. The van der Waals surface area contributed by atoms with Crippen molar-refractivity contribution in [2.24, 2.45) is 0 Å². The molecule has 98 valence electrons. The van der Waals surface area contributed by atoms with Crippen LogP contribution >= 0.6 is 12.4 Å². The van der Waals surface area contributed by atoms with Crippen LogP contribution in [0.5, 0.6) is 0 Å². The monoisotopic (exact) mass is 261 g/mol. The summed E-state index contributed by atoms with van der Waals surface area (Å²) in [7, 11) is 0. The third-order valence-corrected chi connectivity index (χ3v) is 3.23. The molecule has 2 rings (SSSR count). The molecule has 2 amide bonds. The minimum atomic E-state index is -0.336. The van der Waals surface area contributed by atoms with Crippen molar-refractivity contribution < 1.29 is 9.59 Å². The predicted octanol–water partition coefficient (Wildman–Crippen LogP) is -0.0549. The summed E-state index contributed by atoms with van der Waals surface area (Å²) in [6.07, 6.45) is 4.65. The zero-order valence-electron chi connectivity index (χ0n) is 9.83. The first-order chi connectivity index (χ1) is 7.77. The van der Waals surface area contributed by atoms with Crippen molar-refractivity contribution in [2.45, 2.75) is 44.2 Å². The molecule has 2 heterocycles. The molecule has 3 N–H and O–H groups in total. The summed E-state index contributed by atoms with van der Waals surface area (Å²) in [4.78, 5) is 23.4. The maximum absolute atomic E-state index is 11.8. The van der Waals surface area contributed by atoms with E-state index in [0.29, 0.717) is 0 Å². The lowest BCUT2D eigenvalue weighted by Crippen LogP contribution is -2.50. The smallest absolute Gasteiger partial charge is 0.242 e. The lowest BCUT2D eigenvalue weighted by Gasteiger charge is -2.18. The molecule has 0 saturated carbocycles. The normalized spacial score (nSPS) is 28.8. The Balaban J connectivity index is 0.00000144. The van der Waals surface area contributed by atoms with Gasteiger partial charge in [0.2, 0.25) is 11.8 Å². The van der Waals surface area contributed by atoms with Gasteiger partial charge in [-0.2, -0.15) is 0 Å². The molecule has 17 heavy (non-hydrogen) atoms. The fraction of sp³-hybridized carbons (Fsp3) is 0.818. The summed E-state index contributed by atoms with van der Waals surface area (Å²) in [5, 5.41) is 8.79. The standard InChI is InChI=1S/C11H19N3O2.ClH/c15-10-9(4-1-2-6-13-10)14-11(16)8-5-3-7-12-8;/h8-9,12H,1-7H2,(H,13,15)(H,14,16);1H. The van der Waals surface area contributed by atoms with E-state index in [1.807, 2.05) is 0 Å². The summed E-state index contributed by atoms with van der Waals surface area (Å²) < 4.78 is 0. The van der Waals surface area contributed by atoms with Gasteiger partial charge < -0.3 is 16.0 Å². The van der Waals surface area contributed by atoms with Gasteiger partial charge in [0, 0.05) is 6.54 Å². The van der Waals surface area contributed by atoms with Crippen LogP contribution in [0.4, 0.5) is 0 Å². The number of carbonyl (C=O) groups is 2. The molecule has 2 aliphatic heterocycles. The van der Waals surface area contributed by atoms with Gasteiger partial charge in [-0.05, 0) is 38.6 Å². The van der Waals surface area contributed by atoms with Crippen LogP contribution in [0.1, 0.15) is 32.1 Å². The molecule has 2 unspecified atom stereocenters. The minimum absolute atomic E-state index is 0. The molecule has 0 aromatic rings. The van der Waals surface area contributed by atoms with Crippen molar-refractivity contribution in [3.63, 3.8) is 0 Å². The SMILES string of the molecule is Cl.O=C(NC1CCCCNC1=O)C1CCCN1. The van der Waals surface area contributed by atoms with E-state index in [9.17, 15) is 9.59 Å². The van der Waals surface area contributed by atoms with E-state index in [-0.39, 0.29) is 36.3 Å². The van der Waals surface area contributed by atoms with Crippen molar-refractivity contribution >= 4 is 24.2 Å². The number of amides is 2. The number of halogens is 1. The van der Waals surface area contributed by atoms with Gasteiger partial charge in [-0.25, -0.2) is 0 Å². The zero-order chi connectivity index (χ0) is 11.4. The van der Waals surface area contributed by atoms with Crippen LogP contribution in [0.2, 0.25) is 0 Å². The highest BCUT2D eigenvalue weighted by Crippen LogP contribution is 2.08. The van der Waals surface area contributed by atoms with Gasteiger partial charge in [0.1, 0.15) is 6.04 Å². The highest BCUT2D eigenvalue weighted by molar-refractivity contribution is 5.90. The van der Waals surface area contributed by atoms with Crippen LogP contribution in [0, 0.1) is 0 Å². The van der Waals surface area contributed by atoms with E-state index in [0.717, 1.165) is 45.2 Å². The summed E-state index contributed by atoms with van der Waals surface area (Å²) in [6, 6.07) is -0.437. The molecule has 2 fully saturated rings. The van der Waals surface area contributed by atoms with Crippen LogP contribution in [0.15, 0.2) is 0 Å². The Bertz CT molecular complexity index is 280. The van der Waals surface area contributed by atoms with Crippen LogP contribution in [-0.4, -0.2) is 37.0 Å². The predicted molar refractivity (Wildman–Crippen MR) is 67.1 cm³/mol. The van der Waals surface area contributed by atoms with E-state index >= 15 is 0 Å². The van der Waals surface area contributed by atoms with E-state index in [2.05, 4.69) is 16.0 Å². The maximum atomic E-state index is 11.8. The van der Waals surface area contributed by atoms with Crippen LogP contribution in [0.3, 0.4) is 0 Å². The number of hydrogen-bond acceptors (Lipinski definition) is 3. The Morgan fingerprint density at radius 1 is 1.18 bits per heavy atom. The summed E-state index contributed by atoms with van der Waals surface area (Å²) in [6.45, 7) is 1.63. The Morgan fingerprint density at radius 3 is 2.71 bits per heavy atom. The van der Waals surface area contributed by atoms with E-state index in [1.165, 1.54) is 0 Å². The Labute approximate surface area is 108 Å². The second kappa shape index (κ2) is 6.81. The number of hydrogen-bond donors (Lipinski definition) is 3. The molecule has 6 heteroatoms. The van der Waals surface area contributed by atoms with Crippen LogP contribution in [0.25, 0.3) is 0 Å². The number of rotatable bonds is 2. The molecule has 0 radical (unpaired) electrons. The first-order valence-electron chi connectivity index (χ1n) is 6.09.